The molecule has 0 unspecified atom stereocenters. The second kappa shape index (κ2) is 5.73. The van der Waals surface area contributed by atoms with E-state index in [9.17, 15) is 4.79 Å². The highest BCUT2D eigenvalue weighted by Crippen LogP contribution is 2.33. The van der Waals surface area contributed by atoms with Crippen LogP contribution in [0, 0.1) is 0 Å². The van der Waals surface area contributed by atoms with E-state index >= 15 is 0 Å². The van der Waals surface area contributed by atoms with Gasteiger partial charge in [-0.1, -0.05) is 13.8 Å². The maximum absolute atomic E-state index is 12.4. The van der Waals surface area contributed by atoms with Crippen molar-refractivity contribution in [3.63, 3.8) is 0 Å². The maximum Gasteiger partial charge on any atom is 0.267 e. The zero-order valence-corrected chi connectivity index (χ0v) is 13.1. The second-order valence-electron chi connectivity index (χ2n) is 5.28. The summed E-state index contributed by atoms with van der Waals surface area (Å²) in [6.45, 7) is 4.17. The van der Waals surface area contributed by atoms with Crippen LogP contribution >= 0.6 is 11.3 Å². The lowest BCUT2D eigenvalue weighted by Gasteiger charge is -2.03. The minimum absolute atomic E-state index is 0.236. The molecule has 1 amide bonds. The van der Waals surface area contributed by atoms with Crippen molar-refractivity contribution in [2.24, 2.45) is 0 Å². The Morgan fingerprint density at radius 3 is 2.82 bits per heavy atom. The first kappa shape index (κ1) is 14.5. The summed E-state index contributed by atoms with van der Waals surface area (Å²) >= 11 is 1.31. The Balaban J connectivity index is 1.96. The summed E-state index contributed by atoms with van der Waals surface area (Å²) < 4.78 is 0. The van der Waals surface area contributed by atoms with Crippen LogP contribution in [0.4, 0.5) is 11.4 Å². The number of carbonyl (C=O) groups is 1. The number of hydrogen-bond acceptors (Lipinski definition) is 5. The number of nitrogens with one attached hydrogen (secondary N) is 1. The van der Waals surface area contributed by atoms with E-state index in [4.69, 9.17) is 5.73 Å². The summed E-state index contributed by atoms with van der Waals surface area (Å²) in [5.41, 5.74) is 8.22. The van der Waals surface area contributed by atoms with Gasteiger partial charge in [0.1, 0.15) is 9.71 Å². The lowest BCUT2D eigenvalue weighted by molar-refractivity contribution is 0.103. The molecule has 6 heteroatoms. The van der Waals surface area contributed by atoms with Crippen molar-refractivity contribution in [1.29, 1.82) is 0 Å². The SMILES string of the molecule is CC(C)c1ccc2c(N)c(C(=O)Nc3cccnc3)sc2n1. The van der Waals surface area contributed by atoms with Crippen molar-refractivity contribution in [3.8, 4) is 0 Å². The molecule has 0 spiro atoms. The van der Waals surface area contributed by atoms with E-state index in [1.807, 2.05) is 12.1 Å². The first-order chi connectivity index (χ1) is 10.6. The van der Waals surface area contributed by atoms with Crippen LogP contribution in [-0.4, -0.2) is 15.9 Å². The number of aromatic nitrogens is 2. The molecule has 0 fully saturated rings. The molecule has 22 heavy (non-hydrogen) atoms. The highest BCUT2D eigenvalue weighted by Gasteiger charge is 2.18. The van der Waals surface area contributed by atoms with Gasteiger partial charge in [0.25, 0.3) is 5.91 Å². The predicted molar refractivity (Wildman–Crippen MR) is 90.3 cm³/mol. The third kappa shape index (κ3) is 2.65. The number of fused-ring (bicyclic) bond motifs is 1. The van der Waals surface area contributed by atoms with Gasteiger partial charge in [0.2, 0.25) is 0 Å². The van der Waals surface area contributed by atoms with Gasteiger partial charge in [-0.15, -0.1) is 11.3 Å². The smallest absolute Gasteiger partial charge is 0.267 e. The number of thiophene rings is 1. The topological polar surface area (TPSA) is 80.9 Å². The minimum atomic E-state index is -0.236. The third-order valence-electron chi connectivity index (χ3n) is 3.33. The number of nitrogen functional groups attached to an aromatic ring is 1. The molecule has 0 atom stereocenters. The van der Waals surface area contributed by atoms with E-state index in [-0.39, 0.29) is 5.91 Å². The van der Waals surface area contributed by atoms with E-state index in [0.717, 1.165) is 15.9 Å². The zero-order valence-electron chi connectivity index (χ0n) is 12.3. The van der Waals surface area contributed by atoms with E-state index in [2.05, 4.69) is 29.1 Å². The van der Waals surface area contributed by atoms with Crippen LogP contribution in [0.3, 0.4) is 0 Å². The minimum Gasteiger partial charge on any atom is -0.397 e. The first-order valence-corrected chi connectivity index (χ1v) is 7.78. The number of hydrogen-bond donors (Lipinski definition) is 2. The van der Waals surface area contributed by atoms with Crippen LogP contribution < -0.4 is 11.1 Å². The van der Waals surface area contributed by atoms with Crippen LogP contribution in [0.1, 0.15) is 35.1 Å². The number of nitrogens with two attached hydrogens (primary N) is 1. The molecule has 0 bridgehead atoms. The van der Waals surface area contributed by atoms with Gasteiger partial charge < -0.3 is 11.1 Å². The fraction of sp³-hybridized carbons (Fsp3) is 0.188. The number of nitrogens with zero attached hydrogens (tertiary/aromatic N) is 2. The molecule has 5 nitrogen and oxygen atoms in total. The van der Waals surface area contributed by atoms with Gasteiger partial charge in [-0.05, 0) is 30.2 Å². The molecule has 0 aliphatic carbocycles. The van der Waals surface area contributed by atoms with Crippen molar-refractivity contribution in [1.82, 2.24) is 9.97 Å². The van der Waals surface area contributed by atoms with Gasteiger partial charge in [0.05, 0.1) is 17.6 Å². The number of carbonyl (C=O) groups excluding carboxylic acids is 1. The summed E-state index contributed by atoms with van der Waals surface area (Å²) in [6, 6.07) is 7.44. The number of amides is 1. The summed E-state index contributed by atoms with van der Waals surface area (Å²) in [5.74, 6) is 0.0972. The molecule has 0 radical (unpaired) electrons. The highest BCUT2D eigenvalue weighted by atomic mass is 32.1. The van der Waals surface area contributed by atoms with E-state index in [1.54, 1.807) is 24.5 Å². The van der Waals surface area contributed by atoms with Gasteiger partial charge >= 0.3 is 0 Å². The molecule has 3 rings (SSSR count). The van der Waals surface area contributed by atoms with E-state index in [1.165, 1.54) is 11.3 Å². The summed E-state index contributed by atoms with van der Waals surface area (Å²) in [4.78, 5) is 22.2. The van der Waals surface area contributed by atoms with Gasteiger partial charge in [0.15, 0.2) is 0 Å². The Kier molecular flexibility index (Phi) is 3.77. The molecule has 0 saturated carbocycles. The Hall–Kier alpha value is -2.47. The lowest BCUT2D eigenvalue weighted by atomic mass is 10.1. The molecule has 0 aliphatic heterocycles. The largest absolute Gasteiger partial charge is 0.397 e. The lowest BCUT2D eigenvalue weighted by Crippen LogP contribution is -2.11. The number of anilines is 2. The monoisotopic (exact) mass is 312 g/mol. The van der Waals surface area contributed by atoms with Crippen LogP contribution in [0.2, 0.25) is 0 Å². The summed E-state index contributed by atoms with van der Waals surface area (Å²) in [6.07, 6.45) is 3.25. The summed E-state index contributed by atoms with van der Waals surface area (Å²) in [5, 5.41) is 3.62. The second-order valence-corrected chi connectivity index (χ2v) is 6.28. The van der Waals surface area contributed by atoms with Crippen LogP contribution in [0.5, 0.6) is 0 Å². The Bertz CT molecular complexity index is 827. The van der Waals surface area contributed by atoms with Gasteiger partial charge in [-0.3, -0.25) is 9.78 Å². The average Bonchev–Trinajstić information content (AvgIpc) is 2.85. The number of rotatable bonds is 3. The predicted octanol–water partition coefficient (Wildman–Crippen LogP) is 3.65. The van der Waals surface area contributed by atoms with Crippen molar-refractivity contribution in [2.45, 2.75) is 19.8 Å². The molecule has 0 aromatic carbocycles. The van der Waals surface area contributed by atoms with Gasteiger partial charge in [-0.2, -0.15) is 0 Å². The van der Waals surface area contributed by atoms with Gasteiger partial charge in [0, 0.05) is 17.3 Å². The normalized spacial score (nSPS) is 11.0. The molecule has 0 aliphatic rings. The molecule has 0 saturated heterocycles. The molecule has 112 valence electrons. The first-order valence-electron chi connectivity index (χ1n) is 6.96. The zero-order chi connectivity index (χ0) is 15.7. The molecule has 3 aromatic rings. The fourth-order valence-corrected chi connectivity index (χ4v) is 3.12. The number of pyridine rings is 2. The summed E-state index contributed by atoms with van der Waals surface area (Å²) in [7, 11) is 0. The van der Waals surface area contributed by atoms with Crippen LogP contribution in [-0.2, 0) is 0 Å². The highest BCUT2D eigenvalue weighted by molar-refractivity contribution is 7.21. The van der Waals surface area contributed by atoms with Crippen molar-refractivity contribution < 1.29 is 4.79 Å². The van der Waals surface area contributed by atoms with Gasteiger partial charge in [-0.25, -0.2) is 4.98 Å². The Labute approximate surface area is 132 Å². The fourth-order valence-electron chi connectivity index (χ4n) is 2.13. The molecule has 3 aromatic heterocycles. The van der Waals surface area contributed by atoms with Crippen molar-refractivity contribution >= 4 is 38.8 Å². The molecule has 3 heterocycles. The van der Waals surface area contributed by atoms with Crippen molar-refractivity contribution in [3.05, 3.63) is 47.2 Å². The average molecular weight is 312 g/mol. The van der Waals surface area contributed by atoms with E-state index < -0.39 is 0 Å². The third-order valence-corrected chi connectivity index (χ3v) is 4.45. The molecule has 3 N–H and O–H groups in total. The van der Waals surface area contributed by atoms with Crippen molar-refractivity contribution in [2.75, 3.05) is 11.1 Å². The van der Waals surface area contributed by atoms with E-state index in [0.29, 0.717) is 22.2 Å². The Morgan fingerprint density at radius 2 is 2.14 bits per heavy atom. The standard InChI is InChI=1S/C16H16N4OS/c1-9(2)12-6-5-11-13(17)14(22-16(11)20-12)15(21)19-10-4-3-7-18-8-10/h3-9H,17H2,1-2H3,(H,19,21). The molecular weight excluding hydrogens is 296 g/mol. The maximum atomic E-state index is 12.4. The van der Waals surface area contributed by atoms with Crippen LogP contribution in [0.15, 0.2) is 36.7 Å². The Morgan fingerprint density at radius 1 is 1.32 bits per heavy atom. The van der Waals surface area contributed by atoms with Crippen LogP contribution in [0.25, 0.3) is 10.2 Å². The quantitative estimate of drug-likeness (QED) is 0.773. The molecular formula is C16H16N4OS.